The van der Waals surface area contributed by atoms with E-state index in [4.69, 9.17) is 0 Å². The summed E-state index contributed by atoms with van der Waals surface area (Å²) in [6, 6.07) is 15.9. The van der Waals surface area contributed by atoms with Gasteiger partial charge in [0.05, 0.1) is 16.6 Å². The van der Waals surface area contributed by atoms with Crippen LogP contribution < -0.4 is 15.5 Å². The first-order chi connectivity index (χ1) is 13.5. The van der Waals surface area contributed by atoms with Gasteiger partial charge in [-0.2, -0.15) is 0 Å². The van der Waals surface area contributed by atoms with Gasteiger partial charge in [-0.25, -0.2) is 4.98 Å². The Balaban J connectivity index is 1.53. The van der Waals surface area contributed by atoms with Gasteiger partial charge < -0.3 is 15.5 Å². The quantitative estimate of drug-likeness (QED) is 0.612. The van der Waals surface area contributed by atoms with Gasteiger partial charge in [-0.1, -0.05) is 35.6 Å². The van der Waals surface area contributed by atoms with Gasteiger partial charge in [0.1, 0.15) is 0 Å². The van der Waals surface area contributed by atoms with Crippen LogP contribution in [-0.2, 0) is 16.0 Å². The van der Waals surface area contributed by atoms with Crippen molar-refractivity contribution in [1.29, 1.82) is 0 Å². The van der Waals surface area contributed by atoms with Crippen molar-refractivity contribution in [3.63, 3.8) is 0 Å². The summed E-state index contributed by atoms with van der Waals surface area (Å²) in [5, 5.41) is 6.27. The highest BCUT2D eigenvalue weighted by molar-refractivity contribution is 7.22. The van der Waals surface area contributed by atoms with Crippen molar-refractivity contribution in [3.8, 4) is 0 Å². The molecule has 0 saturated carbocycles. The van der Waals surface area contributed by atoms with Crippen LogP contribution in [0.3, 0.4) is 0 Å². The largest absolute Gasteiger partial charge is 0.370 e. The van der Waals surface area contributed by atoms with E-state index >= 15 is 0 Å². The molecule has 0 aliphatic carbocycles. The summed E-state index contributed by atoms with van der Waals surface area (Å²) >= 11 is 1.41. The molecular formula is C21H24N4O2S. The molecule has 0 aliphatic rings. The van der Waals surface area contributed by atoms with E-state index in [1.54, 1.807) is 0 Å². The Labute approximate surface area is 168 Å². The van der Waals surface area contributed by atoms with Gasteiger partial charge in [-0.15, -0.1) is 0 Å². The van der Waals surface area contributed by atoms with Gasteiger partial charge in [0, 0.05) is 32.2 Å². The lowest BCUT2D eigenvalue weighted by Gasteiger charge is -2.23. The first kappa shape index (κ1) is 19.8. The molecule has 0 spiro atoms. The zero-order chi connectivity index (χ0) is 19.9. The molecule has 7 heteroatoms. The fraction of sp³-hybridized carbons (Fsp3) is 0.286. The number of hydrogen-bond donors (Lipinski definition) is 2. The minimum Gasteiger partial charge on any atom is -0.370 e. The number of aromatic nitrogens is 1. The van der Waals surface area contributed by atoms with E-state index in [0.29, 0.717) is 18.1 Å². The van der Waals surface area contributed by atoms with Gasteiger partial charge in [0.15, 0.2) is 5.13 Å². The highest BCUT2D eigenvalue weighted by Gasteiger charge is 2.09. The van der Waals surface area contributed by atoms with E-state index in [0.717, 1.165) is 34.6 Å². The van der Waals surface area contributed by atoms with Crippen molar-refractivity contribution in [2.75, 3.05) is 29.9 Å². The number of likely N-dealkylation sites (N-methyl/N-ethyl adjacent to an activating group) is 1. The third kappa shape index (κ3) is 5.29. The first-order valence-corrected chi connectivity index (χ1v) is 10.1. The second-order valence-corrected chi connectivity index (χ2v) is 7.47. The van der Waals surface area contributed by atoms with Crippen molar-refractivity contribution in [3.05, 3.63) is 54.1 Å². The fourth-order valence-electron chi connectivity index (χ4n) is 2.97. The Morgan fingerprint density at radius 3 is 2.64 bits per heavy atom. The molecule has 0 atom stereocenters. The Morgan fingerprint density at radius 1 is 1.14 bits per heavy atom. The molecule has 1 heterocycles. The van der Waals surface area contributed by atoms with E-state index in [1.807, 2.05) is 36.4 Å². The van der Waals surface area contributed by atoms with Crippen LogP contribution in [0.25, 0.3) is 10.2 Å². The van der Waals surface area contributed by atoms with E-state index in [2.05, 4.69) is 39.6 Å². The Kier molecular flexibility index (Phi) is 6.60. The average molecular weight is 397 g/mol. The van der Waals surface area contributed by atoms with Crippen LogP contribution in [0.2, 0.25) is 0 Å². The summed E-state index contributed by atoms with van der Waals surface area (Å²) in [4.78, 5) is 30.1. The summed E-state index contributed by atoms with van der Waals surface area (Å²) in [7, 11) is 0. The van der Waals surface area contributed by atoms with Crippen LogP contribution in [-0.4, -0.2) is 36.4 Å². The molecule has 2 amide bonds. The van der Waals surface area contributed by atoms with E-state index in [9.17, 15) is 9.59 Å². The number of fused-ring (bicyclic) bond motifs is 1. The lowest BCUT2D eigenvalue weighted by molar-refractivity contribution is -0.120. The second-order valence-electron chi connectivity index (χ2n) is 6.44. The third-order valence-electron chi connectivity index (χ3n) is 4.31. The molecule has 2 N–H and O–H groups in total. The van der Waals surface area contributed by atoms with Crippen LogP contribution in [0, 0.1) is 0 Å². The number of para-hydroxylation sites is 1. The third-order valence-corrected chi connectivity index (χ3v) is 5.24. The number of anilines is 2. The number of rotatable bonds is 8. The predicted molar refractivity (Wildman–Crippen MR) is 115 cm³/mol. The van der Waals surface area contributed by atoms with Crippen molar-refractivity contribution in [2.45, 2.75) is 20.3 Å². The van der Waals surface area contributed by atoms with Crippen molar-refractivity contribution < 1.29 is 9.59 Å². The molecule has 146 valence electrons. The minimum absolute atomic E-state index is 0.00457. The lowest BCUT2D eigenvalue weighted by Crippen LogP contribution is -2.35. The molecule has 0 radical (unpaired) electrons. The van der Waals surface area contributed by atoms with Crippen LogP contribution in [0.15, 0.2) is 48.5 Å². The maximum atomic E-state index is 12.3. The molecule has 1 aromatic heterocycles. The highest BCUT2D eigenvalue weighted by Crippen LogP contribution is 2.27. The summed E-state index contributed by atoms with van der Waals surface area (Å²) in [6.45, 7) is 5.81. The van der Waals surface area contributed by atoms with Crippen LogP contribution in [0.1, 0.15) is 19.4 Å². The van der Waals surface area contributed by atoms with Gasteiger partial charge in [-0.3, -0.25) is 9.59 Å². The summed E-state index contributed by atoms with van der Waals surface area (Å²) in [6.07, 6.45) is 0.320. The molecule has 0 fully saturated rings. The first-order valence-electron chi connectivity index (χ1n) is 9.29. The van der Waals surface area contributed by atoms with Crippen LogP contribution >= 0.6 is 11.3 Å². The Morgan fingerprint density at radius 2 is 1.93 bits per heavy atom. The number of carbonyl (C=O) groups is 2. The SMILES string of the molecule is CCN(CCNC(=O)Cc1ccc2nc(NC(C)=O)sc2c1)c1ccccc1. The fourth-order valence-corrected chi connectivity index (χ4v) is 3.95. The van der Waals surface area contributed by atoms with E-state index in [1.165, 1.54) is 18.3 Å². The van der Waals surface area contributed by atoms with E-state index < -0.39 is 0 Å². The van der Waals surface area contributed by atoms with Crippen molar-refractivity contribution in [1.82, 2.24) is 10.3 Å². The Bertz CT molecular complexity index is 955. The molecular weight excluding hydrogens is 372 g/mol. The zero-order valence-electron chi connectivity index (χ0n) is 16.1. The van der Waals surface area contributed by atoms with Crippen molar-refractivity contribution >= 4 is 44.2 Å². The molecule has 6 nitrogen and oxygen atoms in total. The zero-order valence-corrected chi connectivity index (χ0v) is 16.9. The molecule has 3 aromatic rings. The molecule has 3 rings (SSSR count). The maximum Gasteiger partial charge on any atom is 0.224 e. The highest BCUT2D eigenvalue weighted by atomic mass is 32.1. The molecule has 28 heavy (non-hydrogen) atoms. The van der Waals surface area contributed by atoms with E-state index in [-0.39, 0.29) is 11.8 Å². The molecule has 0 saturated heterocycles. The number of nitrogens with one attached hydrogen (secondary N) is 2. The number of carbonyl (C=O) groups excluding carboxylic acids is 2. The number of hydrogen-bond acceptors (Lipinski definition) is 5. The Hall–Kier alpha value is -2.93. The topological polar surface area (TPSA) is 74.3 Å². The smallest absolute Gasteiger partial charge is 0.224 e. The number of nitrogens with zero attached hydrogens (tertiary/aromatic N) is 2. The number of benzene rings is 2. The lowest BCUT2D eigenvalue weighted by atomic mass is 10.1. The van der Waals surface area contributed by atoms with Crippen LogP contribution in [0.4, 0.5) is 10.8 Å². The summed E-state index contributed by atoms with van der Waals surface area (Å²) in [5.41, 5.74) is 2.91. The molecule has 2 aromatic carbocycles. The predicted octanol–water partition coefficient (Wildman–Crippen LogP) is 3.44. The molecule has 0 bridgehead atoms. The normalized spacial score (nSPS) is 10.6. The van der Waals surface area contributed by atoms with Crippen molar-refractivity contribution in [2.24, 2.45) is 0 Å². The maximum absolute atomic E-state index is 12.3. The number of thiazole rings is 1. The van der Waals surface area contributed by atoms with Gasteiger partial charge in [-0.05, 0) is 36.8 Å². The molecule has 0 unspecified atom stereocenters. The standard InChI is InChI=1S/C21H24N4O2S/c1-3-25(17-7-5-4-6-8-17)12-11-22-20(27)14-16-9-10-18-19(13-16)28-21(24-18)23-15(2)26/h4-10,13H,3,11-12,14H2,1-2H3,(H,22,27)(H,23,24,26). The van der Waals surface area contributed by atoms with Gasteiger partial charge >= 0.3 is 0 Å². The minimum atomic E-state index is -0.143. The number of amides is 2. The second kappa shape index (κ2) is 9.32. The summed E-state index contributed by atoms with van der Waals surface area (Å²) in [5.74, 6) is -0.148. The molecule has 0 aliphatic heterocycles. The van der Waals surface area contributed by atoms with Gasteiger partial charge in [0.25, 0.3) is 0 Å². The van der Waals surface area contributed by atoms with Crippen LogP contribution in [0.5, 0.6) is 0 Å². The monoisotopic (exact) mass is 396 g/mol. The van der Waals surface area contributed by atoms with Gasteiger partial charge in [0.2, 0.25) is 11.8 Å². The average Bonchev–Trinajstić information content (AvgIpc) is 3.06. The summed E-state index contributed by atoms with van der Waals surface area (Å²) < 4.78 is 0.954.